The molecule has 2 heterocycles. The number of ether oxygens (including phenoxy) is 1. The number of thiazole rings is 1. The lowest BCUT2D eigenvalue weighted by atomic mass is 10.0. The molecule has 2 unspecified atom stereocenters. The van der Waals surface area contributed by atoms with Crippen molar-refractivity contribution in [2.24, 2.45) is 5.92 Å². The SMILES string of the molecule is CN(c1nc(-c2ccccc2)cs1)C1COCC1C(=O)O. The number of rotatable bonds is 4. The highest BCUT2D eigenvalue weighted by atomic mass is 32.1. The van der Waals surface area contributed by atoms with Gasteiger partial charge in [0.1, 0.15) is 5.92 Å². The van der Waals surface area contributed by atoms with E-state index < -0.39 is 11.9 Å². The molecule has 0 aliphatic carbocycles. The van der Waals surface area contributed by atoms with E-state index in [1.54, 1.807) is 0 Å². The lowest BCUT2D eigenvalue weighted by Gasteiger charge is -2.25. The number of carboxylic acids is 1. The first-order valence-corrected chi connectivity index (χ1v) is 7.59. The van der Waals surface area contributed by atoms with Crippen LogP contribution in [0.2, 0.25) is 0 Å². The first kappa shape index (κ1) is 14.0. The van der Waals surface area contributed by atoms with Gasteiger partial charge in [0.05, 0.1) is 24.9 Å². The zero-order chi connectivity index (χ0) is 14.8. The average molecular weight is 304 g/mol. The second-order valence-corrected chi connectivity index (χ2v) is 5.88. The number of benzene rings is 1. The summed E-state index contributed by atoms with van der Waals surface area (Å²) >= 11 is 1.52. The zero-order valence-electron chi connectivity index (χ0n) is 11.6. The van der Waals surface area contributed by atoms with Crippen LogP contribution in [0.3, 0.4) is 0 Å². The van der Waals surface area contributed by atoms with Crippen LogP contribution in [0, 0.1) is 5.92 Å². The predicted octanol–water partition coefficient (Wildman–Crippen LogP) is 2.35. The molecule has 1 aliphatic heterocycles. The van der Waals surface area contributed by atoms with Crippen LogP contribution in [0.4, 0.5) is 5.13 Å². The van der Waals surface area contributed by atoms with Crippen molar-refractivity contribution in [1.82, 2.24) is 4.98 Å². The Hall–Kier alpha value is -1.92. The van der Waals surface area contributed by atoms with E-state index in [0.717, 1.165) is 16.4 Å². The Kier molecular flexibility index (Phi) is 3.90. The fourth-order valence-electron chi connectivity index (χ4n) is 2.47. The molecule has 1 aromatic carbocycles. The Morgan fingerprint density at radius 3 is 2.86 bits per heavy atom. The molecule has 0 saturated carbocycles. The van der Waals surface area contributed by atoms with Gasteiger partial charge in [0.15, 0.2) is 5.13 Å². The number of hydrogen-bond donors (Lipinski definition) is 1. The Morgan fingerprint density at radius 1 is 1.38 bits per heavy atom. The van der Waals surface area contributed by atoms with Crippen molar-refractivity contribution >= 4 is 22.4 Å². The Bertz CT molecular complexity index is 629. The highest BCUT2D eigenvalue weighted by Crippen LogP contribution is 2.30. The van der Waals surface area contributed by atoms with Crippen LogP contribution in [-0.4, -0.2) is 42.4 Å². The first-order chi connectivity index (χ1) is 10.2. The molecule has 1 aromatic heterocycles. The normalized spacial score (nSPS) is 21.4. The van der Waals surface area contributed by atoms with Crippen LogP contribution >= 0.6 is 11.3 Å². The highest BCUT2D eigenvalue weighted by molar-refractivity contribution is 7.14. The Labute approximate surface area is 126 Å². The Morgan fingerprint density at radius 2 is 2.14 bits per heavy atom. The maximum atomic E-state index is 11.3. The van der Waals surface area contributed by atoms with E-state index in [1.807, 2.05) is 47.7 Å². The van der Waals surface area contributed by atoms with Gasteiger partial charge in [-0.1, -0.05) is 30.3 Å². The molecule has 1 N–H and O–H groups in total. The maximum absolute atomic E-state index is 11.3. The van der Waals surface area contributed by atoms with E-state index in [9.17, 15) is 9.90 Å². The number of anilines is 1. The van der Waals surface area contributed by atoms with Crippen LogP contribution < -0.4 is 4.90 Å². The van der Waals surface area contributed by atoms with Crippen LogP contribution in [0.5, 0.6) is 0 Å². The minimum absolute atomic E-state index is 0.169. The van der Waals surface area contributed by atoms with Gasteiger partial charge in [-0.3, -0.25) is 4.79 Å². The molecule has 110 valence electrons. The molecule has 0 bridgehead atoms. The summed E-state index contributed by atoms with van der Waals surface area (Å²) in [6.07, 6.45) is 0. The number of aromatic nitrogens is 1. The first-order valence-electron chi connectivity index (χ1n) is 6.71. The number of aliphatic carboxylic acids is 1. The van der Waals surface area contributed by atoms with Gasteiger partial charge in [-0.15, -0.1) is 11.3 Å². The summed E-state index contributed by atoms with van der Waals surface area (Å²) in [5, 5.41) is 12.0. The van der Waals surface area contributed by atoms with Gasteiger partial charge < -0.3 is 14.7 Å². The van der Waals surface area contributed by atoms with E-state index in [4.69, 9.17) is 4.74 Å². The third kappa shape index (κ3) is 2.77. The molecular formula is C15H16N2O3S. The summed E-state index contributed by atoms with van der Waals surface area (Å²) in [4.78, 5) is 17.8. The number of nitrogens with zero attached hydrogens (tertiary/aromatic N) is 2. The van der Waals surface area contributed by atoms with Crippen molar-refractivity contribution in [3.8, 4) is 11.3 Å². The topological polar surface area (TPSA) is 62.7 Å². The molecule has 1 saturated heterocycles. The monoisotopic (exact) mass is 304 g/mol. The minimum atomic E-state index is -0.816. The summed E-state index contributed by atoms with van der Waals surface area (Å²) < 4.78 is 5.32. The zero-order valence-corrected chi connectivity index (χ0v) is 12.4. The van der Waals surface area contributed by atoms with Gasteiger partial charge in [0.25, 0.3) is 0 Å². The highest BCUT2D eigenvalue weighted by Gasteiger charge is 2.37. The Balaban J connectivity index is 1.81. The van der Waals surface area contributed by atoms with E-state index in [-0.39, 0.29) is 12.6 Å². The molecule has 3 rings (SSSR count). The average Bonchev–Trinajstić information content (AvgIpc) is 3.17. The standard InChI is InChI=1S/C15H16N2O3S/c1-17(13-8-20-7-11(13)14(18)19)15-16-12(9-21-15)10-5-3-2-4-6-10/h2-6,9,11,13H,7-8H2,1H3,(H,18,19). The van der Waals surface area contributed by atoms with E-state index in [1.165, 1.54) is 11.3 Å². The molecular weight excluding hydrogens is 288 g/mol. The third-order valence-corrected chi connectivity index (χ3v) is 4.66. The van der Waals surface area contributed by atoms with E-state index >= 15 is 0 Å². The van der Waals surface area contributed by atoms with Crippen molar-refractivity contribution in [1.29, 1.82) is 0 Å². The fourth-order valence-corrected chi connectivity index (χ4v) is 3.33. The summed E-state index contributed by atoms with van der Waals surface area (Å²) in [6.45, 7) is 0.689. The molecule has 6 heteroatoms. The van der Waals surface area contributed by atoms with Crippen LogP contribution in [-0.2, 0) is 9.53 Å². The van der Waals surface area contributed by atoms with Crippen molar-refractivity contribution in [2.75, 3.05) is 25.2 Å². The molecule has 0 amide bonds. The maximum Gasteiger partial charge on any atom is 0.311 e. The smallest absolute Gasteiger partial charge is 0.311 e. The molecule has 2 aromatic rings. The van der Waals surface area contributed by atoms with Crippen LogP contribution in [0.1, 0.15) is 0 Å². The van der Waals surface area contributed by atoms with Crippen molar-refractivity contribution in [3.63, 3.8) is 0 Å². The largest absolute Gasteiger partial charge is 0.481 e. The van der Waals surface area contributed by atoms with Gasteiger partial charge in [0.2, 0.25) is 0 Å². The van der Waals surface area contributed by atoms with Crippen LogP contribution in [0.25, 0.3) is 11.3 Å². The van der Waals surface area contributed by atoms with Gasteiger partial charge in [0, 0.05) is 18.0 Å². The van der Waals surface area contributed by atoms with Crippen LogP contribution in [0.15, 0.2) is 35.7 Å². The van der Waals surface area contributed by atoms with Gasteiger partial charge >= 0.3 is 5.97 Å². The van der Waals surface area contributed by atoms with Crippen molar-refractivity contribution < 1.29 is 14.6 Å². The summed E-state index contributed by atoms with van der Waals surface area (Å²) in [5.41, 5.74) is 1.97. The van der Waals surface area contributed by atoms with E-state index in [0.29, 0.717) is 6.61 Å². The predicted molar refractivity (Wildman–Crippen MR) is 81.7 cm³/mol. The number of carbonyl (C=O) groups is 1. The molecule has 1 fully saturated rings. The molecule has 0 radical (unpaired) electrons. The quantitative estimate of drug-likeness (QED) is 0.939. The van der Waals surface area contributed by atoms with Gasteiger partial charge in [-0.05, 0) is 0 Å². The summed E-state index contributed by atoms with van der Waals surface area (Å²) in [5.74, 6) is -1.32. The third-order valence-electron chi connectivity index (χ3n) is 3.73. The molecule has 0 spiro atoms. The molecule has 1 aliphatic rings. The lowest BCUT2D eigenvalue weighted by Crippen LogP contribution is -2.40. The minimum Gasteiger partial charge on any atom is -0.481 e. The fraction of sp³-hybridized carbons (Fsp3) is 0.333. The van der Waals surface area contributed by atoms with Crippen molar-refractivity contribution in [2.45, 2.75) is 6.04 Å². The molecule has 5 nitrogen and oxygen atoms in total. The van der Waals surface area contributed by atoms with Gasteiger partial charge in [-0.25, -0.2) is 4.98 Å². The number of carboxylic acid groups (broad SMARTS) is 1. The molecule has 21 heavy (non-hydrogen) atoms. The second-order valence-electron chi connectivity index (χ2n) is 5.04. The molecule has 2 atom stereocenters. The van der Waals surface area contributed by atoms with Crippen molar-refractivity contribution in [3.05, 3.63) is 35.7 Å². The van der Waals surface area contributed by atoms with Gasteiger partial charge in [-0.2, -0.15) is 0 Å². The van der Waals surface area contributed by atoms with E-state index in [2.05, 4.69) is 4.98 Å². The summed E-state index contributed by atoms with van der Waals surface area (Å²) in [6, 6.07) is 9.77. The number of hydrogen-bond acceptors (Lipinski definition) is 5. The summed E-state index contributed by atoms with van der Waals surface area (Å²) in [7, 11) is 1.88. The lowest BCUT2D eigenvalue weighted by molar-refractivity contribution is -0.141. The second kappa shape index (κ2) is 5.83. The number of likely N-dealkylation sites (N-methyl/N-ethyl adjacent to an activating group) is 1.